The van der Waals surface area contributed by atoms with E-state index in [0.717, 1.165) is 42.6 Å². The molecule has 1 aromatic carbocycles. The lowest BCUT2D eigenvalue weighted by atomic mass is 9.87. The van der Waals surface area contributed by atoms with Gasteiger partial charge in [-0.25, -0.2) is 0 Å². The first kappa shape index (κ1) is 15.7. The van der Waals surface area contributed by atoms with Crippen LogP contribution in [0, 0.1) is 17.0 Å². The van der Waals surface area contributed by atoms with Crippen molar-refractivity contribution in [3.05, 3.63) is 56.9 Å². The fraction of sp³-hybridized carbons (Fsp3) is 0.471. The number of nitro benzene ring substituents is 1. The molecule has 3 rings (SSSR count). The number of non-ortho nitro benzene ring substituents is 1. The minimum Gasteiger partial charge on any atom is -0.307 e. The molecule has 1 aliphatic carbocycles. The predicted octanol–water partition coefficient (Wildman–Crippen LogP) is 3.22. The van der Waals surface area contributed by atoms with Gasteiger partial charge in [-0.15, -0.1) is 0 Å². The van der Waals surface area contributed by atoms with Crippen molar-refractivity contribution in [2.75, 3.05) is 0 Å². The molecule has 1 heterocycles. The summed E-state index contributed by atoms with van der Waals surface area (Å²) in [6.45, 7) is 4.13. The van der Waals surface area contributed by atoms with Gasteiger partial charge in [0.05, 0.1) is 10.6 Å². The van der Waals surface area contributed by atoms with Crippen molar-refractivity contribution in [2.45, 2.75) is 51.6 Å². The number of hydrogen-bond acceptors (Lipinski definition) is 4. The maximum Gasteiger partial charge on any atom is 0.269 e. The van der Waals surface area contributed by atoms with E-state index in [2.05, 4.69) is 28.5 Å². The Balaban J connectivity index is 1.74. The number of fused-ring (bicyclic) bond motifs is 1. The zero-order chi connectivity index (χ0) is 16.4. The molecular weight excluding hydrogens is 292 g/mol. The first-order valence-electron chi connectivity index (χ1n) is 8.07. The molecule has 0 saturated heterocycles. The van der Waals surface area contributed by atoms with Crippen LogP contribution in [0.15, 0.2) is 24.3 Å². The smallest absolute Gasteiger partial charge is 0.269 e. The summed E-state index contributed by atoms with van der Waals surface area (Å²) >= 11 is 0. The quantitative estimate of drug-likeness (QED) is 0.655. The van der Waals surface area contributed by atoms with E-state index in [1.54, 1.807) is 12.1 Å². The molecule has 1 aliphatic rings. The number of nitro groups is 1. The molecule has 0 fully saturated rings. The summed E-state index contributed by atoms with van der Waals surface area (Å²) in [5, 5.41) is 21.9. The molecule has 0 amide bonds. The molecule has 2 N–H and O–H groups in total. The lowest BCUT2D eigenvalue weighted by Crippen LogP contribution is -2.34. The van der Waals surface area contributed by atoms with Crippen LogP contribution in [0.5, 0.6) is 0 Å². The lowest BCUT2D eigenvalue weighted by molar-refractivity contribution is -0.385. The molecule has 6 heteroatoms. The number of aryl methyl sites for hydroxylation is 2. The van der Waals surface area contributed by atoms with Crippen LogP contribution in [0.3, 0.4) is 0 Å². The number of benzene rings is 1. The fourth-order valence-electron chi connectivity index (χ4n) is 3.37. The van der Waals surface area contributed by atoms with E-state index in [4.69, 9.17) is 0 Å². The topological polar surface area (TPSA) is 83.8 Å². The van der Waals surface area contributed by atoms with Crippen molar-refractivity contribution < 1.29 is 4.92 Å². The summed E-state index contributed by atoms with van der Waals surface area (Å²) in [6.07, 6.45) is 3.96. The van der Waals surface area contributed by atoms with Crippen LogP contribution < -0.4 is 5.32 Å². The van der Waals surface area contributed by atoms with E-state index in [1.807, 2.05) is 13.0 Å². The molecule has 0 saturated carbocycles. The Bertz CT molecular complexity index is 710. The van der Waals surface area contributed by atoms with E-state index in [-0.39, 0.29) is 22.7 Å². The van der Waals surface area contributed by atoms with Crippen LogP contribution in [-0.2, 0) is 12.8 Å². The van der Waals surface area contributed by atoms with Gasteiger partial charge in [0.25, 0.3) is 5.69 Å². The number of H-pyrrole nitrogens is 1. The van der Waals surface area contributed by atoms with Crippen LogP contribution in [-0.4, -0.2) is 21.2 Å². The van der Waals surface area contributed by atoms with Gasteiger partial charge in [0, 0.05) is 36.3 Å². The van der Waals surface area contributed by atoms with Crippen LogP contribution in [0.1, 0.15) is 48.3 Å². The Hall–Kier alpha value is -2.21. The maximum absolute atomic E-state index is 11.0. The van der Waals surface area contributed by atoms with Gasteiger partial charge >= 0.3 is 0 Å². The van der Waals surface area contributed by atoms with Crippen molar-refractivity contribution in [3.8, 4) is 0 Å². The highest BCUT2D eigenvalue weighted by Crippen LogP contribution is 2.32. The molecule has 0 radical (unpaired) electrons. The molecule has 23 heavy (non-hydrogen) atoms. The third-order valence-corrected chi connectivity index (χ3v) is 4.41. The van der Waals surface area contributed by atoms with Gasteiger partial charge in [-0.1, -0.05) is 6.07 Å². The normalized spacial score (nSPS) is 18.4. The van der Waals surface area contributed by atoms with Crippen LogP contribution in [0.4, 0.5) is 5.69 Å². The predicted molar refractivity (Wildman–Crippen MR) is 88.4 cm³/mol. The number of hydrogen-bond donors (Lipinski definition) is 2. The SMILES string of the molecule is Cc1cc(C[C@H](C)N[C@@H]2CCCc3ccc([N+](=O)[O-])cc32)n[nH]1. The molecular formula is C17H22N4O2. The van der Waals surface area contributed by atoms with Gasteiger partial charge in [-0.05, 0) is 50.3 Å². The first-order chi connectivity index (χ1) is 11.0. The lowest BCUT2D eigenvalue weighted by Gasteiger charge is -2.29. The summed E-state index contributed by atoms with van der Waals surface area (Å²) in [5.74, 6) is 0. The molecule has 0 bridgehead atoms. The Labute approximate surface area is 135 Å². The van der Waals surface area contributed by atoms with Crippen molar-refractivity contribution >= 4 is 5.69 Å². The van der Waals surface area contributed by atoms with Crippen molar-refractivity contribution in [1.29, 1.82) is 0 Å². The third-order valence-electron chi connectivity index (χ3n) is 4.41. The molecule has 122 valence electrons. The van der Waals surface area contributed by atoms with E-state index in [9.17, 15) is 10.1 Å². The molecule has 0 spiro atoms. The maximum atomic E-state index is 11.0. The highest BCUT2D eigenvalue weighted by Gasteiger charge is 2.24. The van der Waals surface area contributed by atoms with Crippen LogP contribution in [0.2, 0.25) is 0 Å². The van der Waals surface area contributed by atoms with E-state index in [0.29, 0.717) is 0 Å². The summed E-state index contributed by atoms with van der Waals surface area (Å²) in [4.78, 5) is 10.7. The third kappa shape index (κ3) is 3.59. The first-order valence-corrected chi connectivity index (χ1v) is 8.07. The number of aromatic nitrogens is 2. The summed E-state index contributed by atoms with van der Waals surface area (Å²) in [6, 6.07) is 7.73. The Morgan fingerprint density at radius 3 is 3.00 bits per heavy atom. The standard InChI is InChI=1S/C17H22N4O2/c1-11(8-14-9-12(2)19-20-14)18-17-5-3-4-13-6-7-15(21(22)23)10-16(13)17/h6-7,9-11,17-18H,3-5,8H2,1-2H3,(H,19,20)/t11-,17+/m0/s1. The van der Waals surface area contributed by atoms with E-state index >= 15 is 0 Å². The van der Waals surface area contributed by atoms with Crippen molar-refractivity contribution in [2.24, 2.45) is 0 Å². The highest BCUT2D eigenvalue weighted by molar-refractivity contribution is 5.42. The molecule has 6 nitrogen and oxygen atoms in total. The minimum atomic E-state index is -0.318. The van der Waals surface area contributed by atoms with E-state index < -0.39 is 0 Å². The van der Waals surface area contributed by atoms with Crippen molar-refractivity contribution in [1.82, 2.24) is 15.5 Å². The summed E-state index contributed by atoms with van der Waals surface area (Å²) in [7, 11) is 0. The second-order valence-electron chi connectivity index (χ2n) is 6.40. The Morgan fingerprint density at radius 1 is 1.48 bits per heavy atom. The van der Waals surface area contributed by atoms with Gasteiger partial charge in [0.1, 0.15) is 0 Å². The largest absolute Gasteiger partial charge is 0.307 e. The van der Waals surface area contributed by atoms with Gasteiger partial charge in [-0.2, -0.15) is 5.10 Å². The molecule has 2 atom stereocenters. The van der Waals surface area contributed by atoms with Crippen molar-refractivity contribution in [3.63, 3.8) is 0 Å². The van der Waals surface area contributed by atoms with E-state index in [1.165, 1.54) is 5.56 Å². The van der Waals surface area contributed by atoms with Gasteiger partial charge in [0.2, 0.25) is 0 Å². The zero-order valence-electron chi connectivity index (χ0n) is 13.5. The van der Waals surface area contributed by atoms with Crippen LogP contribution >= 0.6 is 0 Å². The number of nitrogens with zero attached hydrogens (tertiary/aromatic N) is 2. The molecule has 0 aliphatic heterocycles. The molecule has 2 aromatic rings. The number of rotatable bonds is 5. The monoisotopic (exact) mass is 314 g/mol. The highest BCUT2D eigenvalue weighted by atomic mass is 16.6. The second kappa shape index (κ2) is 6.50. The zero-order valence-corrected chi connectivity index (χ0v) is 13.5. The Morgan fingerprint density at radius 2 is 2.30 bits per heavy atom. The average molecular weight is 314 g/mol. The second-order valence-corrected chi connectivity index (χ2v) is 6.40. The number of aromatic amines is 1. The van der Waals surface area contributed by atoms with Gasteiger partial charge in [0.15, 0.2) is 0 Å². The fourth-order valence-corrected chi connectivity index (χ4v) is 3.37. The van der Waals surface area contributed by atoms with Gasteiger partial charge < -0.3 is 5.32 Å². The molecule has 0 unspecified atom stereocenters. The summed E-state index contributed by atoms with van der Waals surface area (Å²) in [5.41, 5.74) is 4.58. The minimum absolute atomic E-state index is 0.174. The summed E-state index contributed by atoms with van der Waals surface area (Å²) < 4.78 is 0. The van der Waals surface area contributed by atoms with Gasteiger partial charge in [-0.3, -0.25) is 15.2 Å². The van der Waals surface area contributed by atoms with Crippen LogP contribution in [0.25, 0.3) is 0 Å². The Kier molecular flexibility index (Phi) is 4.43. The average Bonchev–Trinajstić information content (AvgIpc) is 2.92. The molecule has 1 aromatic heterocycles. The number of nitrogens with one attached hydrogen (secondary N) is 2.